The fourth-order valence-electron chi connectivity index (χ4n) is 2.37. The summed E-state index contributed by atoms with van der Waals surface area (Å²) in [5, 5.41) is 6.13. The summed E-state index contributed by atoms with van der Waals surface area (Å²) in [4.78, 5) is 8.25. The molecule has 106 valence electrons. The molecule has 4 nitrogen and oxygen atoms in total. The fraction of sp³-hybridized carbons (Fsp3) is 0. The van der Waals surface area contributed by atoms with Crippen molar-refractivity contribution in [2.75, 3.05) is 0 Å². The van der Waals surface area contributed by atoms with Gasteiger partial charge in [0.1, 0.15) is 5.15 Å². The van der Waals surface area contributed by atoms with Gasteiger partial charge < -0.3 is 0 Å². The van der Waals surface area contributed by atoms with E-state index in [0.29, 0.717) is 5.15 Å². The molecule has 0 fully saturated rings. The van der Waals surface area contributed by atoms with Gasteiger partial charge in [0.05, 0.1) is 17.4 Å². The molecule has 0 spiro atoms. The Bertz CT molecular complexity index is 930. The van der Waals surface area contributed by atoms with E-state index in [4.69, 9.17) is 11.6 Å². The number of halogens is 1. The summed E-state index contributed by atoms with van der Waals surface area (Å²) in [7, 11) is 0. The summed E-state index contributed by atoms with van der Waals surface area (Å²) in [6.07, 6.45) is 7.31. The molecule has 0 radical (unpaired) electrons. The first-order valence-electron chi connectivity index (χ1n) is 6.81. The van der Waals surface area contributed by atoms with Crippen molar-refractivity contribution in [3.63, 3.8) is 0 Å². The van der Waals surface area contributed by atoms with E-state index in [1.807, 2.05) is 41.2 Å². The van der Waals surface area contributed by atoms with E-state index in [1.165, 1.54) is 0 Å². The summed E-state index contributed by atoms with van der Waals surface area (Å²) < 4.78 is 1.83. The summed E-state index contributed by atoms with van der Waals surface area (Å²) >= 11 is 5.83. The molecule has 0 aliphatic carbocycles. The molecule has 3 heterocycles. The second kappa shape index (κ2) is 5.24. The molecular weight excluding hydrogens is 296 g/mol. The number of rotatable bonds is 2. The van der Waals surface area contributed by atoms with Crippen LogP contribution in [-0.4, -0.2) is 19.7 Å². The third kappa shape index (κ3) is 2.34. The maximum atomic E-state index is 5.83. The van der Waals surface area contributed by atoms with Crippen LogP contribution < -0.4 is 0 Å². The Morgan fingerprint density at radius 3 is 2.64 bits per heavy atom. The highest BCUT2D eigenvalue weighted by molar-refractivity contribution is 6.29. The highest BCUT2D eigenvalue weighted by atomic mass is 35.5. The number of hydrogen-bond acceptors (Lipinski definition) is 3. The predicted octanol–water partition coefficient (Wildman–Crippen LogP) is 4.14. The number of nitrogens with zero attached hydrogens (tertiary/aromatic N) is 4. The largest absolute Gasteiger partial charge is 0.262 e. The lowest BCUT2D eigenvalue weighted by molar-refractivity contribution is 0.889. The molecule has 5 heteroatoms. The zero-order valence-electron chi connectivity index (χ0n) is 11.5. The van der Waals surface area contributed by atoms with Gasteiger partial charge in [-0.15, -0.1) is 0 Å². The third-order valence-electron chi connectivity index (χ3n) is 3.48. The van der Waals surface area contributed by atoms with Crippen LogP contribution in [0, 0.1) is 0 Å². The van der Waals surface area contributed by atoms with Crippen molar-refractivity contribution in [1.82, 2.24) is 19.7 Å². The standard InChI is InChI=1S/C17H11ClN4/c18-17-6-4-13(9-20-17)12-3-5-16-14(8-12)11-22(21-16)15-2-1-7-19-10-15/h1-11H. The molecule has 22 heavy (non-hydrogen) atoms. The van der Waals surface area contributed by atoms with Crippen LogP contribution in [-0.2, 0) is 0 Å². The first-order valence-corrected chi connectivity index (χ1v) is 7.19. The Hall–Kier alpha value is -2.72. The van der Waals surface area contributed by atoms with Crippen molar-refractivity contribution in [3.05, 3.63) is 72.4 Å². The highest BCUT2D eigenvalue weighted by Crippen LogP contribution is 2.24. The number of aromatic nitrogens is 4. The van der Waals surface area contributed by atoms with E-state index in [0.717, 1.165) is 27.7 Å². The first-order chi connectivity index (χ1) is 10.8. The molecule has 4 rings (SSSR count). The van der Waals surface area contributed by atoms with Gasteiger partial charge in [0.2, 0.25) is 0 Å². The number of fused-ring (bicyclic) bond motifs is 1. The lowest BCUT2D eigenvalue weighted by Gasteiger charge is -2.00. The van der Waals surface area contributed by atoms with Gasteiger partial charge in [-0.1, -0.05) is 17.7 Å². The van der Waals surface area contributed by atoms with Gasteiger partial charge in [0.15, 0.2) is 0 Å². The van der Waals surface area contributed by atoms with Gasteiger partial charge in [-0.2, -0.15) is 5.10 Å². The van der Waals surface area contributed by atoms with E-state index in [9.17, 15) is 0 Å². The smallest absolute Gasteiger partial charge is 0.129 e. The monoisotopic (exact) mass is 306 g/mol. The van der Waals surface area contributed by atoms with Crippen LogP contribution in [0.5, 0.6) is 0 Å². The van der Waals surface area contributed by atoms with Gasteiger partial charge in [-0.05, 0) is 42.0 Å². The van der Waals surface area contributed by atoms with Crippen molar-refractivity contribution in [2.45, 2.75) is 0 Å². The summed E-state index contributed by atoms with van der Waals surface area (Å²) in [5.41, 5.74) is 3.99. The zero-order valence-corrected chi connectivity index (χ0v) is 12.3. The number of pyridine rings is 2. The van der Waals surface area contributed by atoms with Gasteiger partial charge in [-0.25, -0.2) is 9.67 Å². The molecule has 0 aliphatic rings. The molecule has 0 saturated heterocycles. The minimum Gasteiger partial charge on any atom is -0.262 e. The lowest BCUT2D eigenvalue weighted by atomic mass is 10.1. The molecule has 0 atom stereocenters. The van der Waals surface area contributed by atoms with Crippen molar-refractivity contribution in [3.8, 4) is 16.8 Å². The van der Waals surface area contributed by atoms with Crippen LogP contribution in [0.15, 0.2) is 67.3 Å². The first kappa shape index (κ1) is 13.0. The van der Waals surface area contributed by atoms with E-state index in [-0.39, 0.29) is 0 Å². The molecule has 0 bridgehead atoms. The maximum absolute atomic E-state index is 5.83. The normalized spacial score (nSPS) is 11.0. The Balaban J connectivity index is 1.80. The van der Waals surface area contributed by atoms with E-state index in [2.05, 4.69) is 21.1 Å². The fourth-order valence-corrected chi connectivity index (χ4v) is 2.49. The Morgan fingerprint density at radius 1 is 0.955 bits per heavy atom. The molecule has 0 amide bonds. The zero-order chi connectivity index (χ0) is 14.9. The highest BCUT2D eigenvalue weighted by Gasteiger charge is 2.05. The van der Waals surface area contributed by atoms with Crippen LogP contribution in [0.3, 0.4) is 0 Å². The minimum absolute atomic E-state index is 0.495. The van der Waals surface area contributed by atoms with Crippen molar-refractivity contribution in [1.29, 1.82) is 0 Å². The summed E-state index contributed by atoms with van der Waals surface area (Å²) in [6.45, 7) is 0. The van der Waals surface area contributed by atoms with Crippen molar-refractivity contribution in [2.24, 2.45) is 0 Å². The van der Waals surface area contributed by atoms with E-state index >= 15 is 0 Å². The van der Waals surface area contributed by atoms with Gasteiger partial charge >= 0.3 is 0 Å². The lowest BCUT2D eigenvalue weighted by Crippen LogP contribution is -1.93. The molecule has 0 unspecified atom stereocenters. The minimum atomic E-state index is 0.495. The molecule has 3 aromatic heterocycles. The average molecular weight is 307 g/mol. The van der Waals surface area contributed by atoms with Crippen LogP contribution in [0.25, 0.3) is 27.7 Å². The van der Waals surface area contributed by atoms with Crippen LogP contribution in [0.4, 0.5) is 0 Å². The van der Waals surface area contributed by atoms with Gasteiger partial charge in [0, 0.05) is 29.5 Å². The summed E-state index contributed by atoms with van der Waals surface area (Å²) in [5.74, 6) is 0. The Kier molecular flexibility index (Phi) is 3.09. The average Bonchev–Trinajstić information content (AvgIpc) is 2.99. The van der Waals surface area contributed by atoms with Crippen LogP contribution >= 0.6 is 11.6 Å². The molecular formula is C17H11ClN4. The topological polar surface area (TPSA) is 43.6 Å². The molecule has 0 N–H and O–H groups in total. The summed E-state index contributed by atoms with van der Waals surface area (Å²) in [6, 6.07) is 13.8. The van der Waals surface area contributed by atoms with Gasteiger partial charge in [-0.3, -0.25) is 4.98 Å². The van der Waals surface area contributed by atoms with Crippen LogP contribution in [0.1, 0.15) is 0 Å². The SMILES string of the molecule is Clc1ccc(-c2ccc3nn(-c4cccnc4)cc3c2)cn1. The molecule has 0 saturated carbocycles. The third-order valence-corrected chi connectivity index (χ3v) is 3.70. The van der Waals surface area contributed by atoms with Crippen LogP contribution in [0.2, 0.25) is 5.15 Å². The Labute approximate surface area is 132 Å². The van der Waals surface area contributed by atoms with Crippen molar-refractivity contribution >= 4 is 22.5 Å². The maximum Gasteiger partial charge on any atom is 0.129 e. The molecule has 0 aliphatic heterocycles. The van der Waals surface area contributed by atoms with Crippen molar-refractivity contribution < 1.29 is 0 Å². The number of hydrogen-bond donors (Lipinski definition) is 0. The van der Waals surface area contributed by atoms with Gasteiger partial charge in [0.25, 0.3) is 0 Å². The quantitative estimate of drug-likeness (QED) is 0.523. The van der Waals surface area contributed by atoms with E-state index < -0.39 is 0 Å². The Morgan fingerprint density at radius 2 is 1.86 bits per heavy atom. The second-order valence-electron chi connectivity index (χ2n) is 4.93. The predicted molar refractivity (Wildman–Crippen MR) is 87.1 cm³/mol. The second-order valence-corrected chi connectivity index (χ2v) is 5.32. The number of benzene rings is 1. The van der Waals surface area contributed by atoms with E-state index in [1.54, 1.807) is 24.7 Å². The molecule has 4 aromatic rings. The molecule has 1 aromatic carbocycles.